The summed E-state index contributed by atoms with van der Waals surface area (Å²) in [6, 6.07) is 4.11. The molecule has 0 heterocycles. The fourth-order valence-corrected chi connectivity index (χ4v) is 3.43. The van der Waals surface area contributed by atoms with Crippen molar-refractivity contribution >= 4 is 16.0 Å². The van der Waals surface area contributed by atoms with Gasteiger partial charge in [-0.2, -0.15) is 0 Å². The zero-order chi connectivity index (χ0) is 13.6. The van der Waals surface area contributed by atoms with Crippen LogP contribution in [0.4, 0.5) is 0 Å². The van der Waals surface area contributed by atoms with Crippen molar-refractivity contribution in [3.8, 4) is 0 Å². The number of sulfonamides is 1. The molecule has 6 heteroatoms. The summed E-state index contributed by atoms with van der Waals surface area (Å²) in [5.74, 6) is -1.14. The van der Waals surface area contributed by atoms with Gasteiger partial charge in [0.25, 0.3) is 0 Å². The van der Waals surface area contributed by atoms with Crippen LogP contribution in [0.3, 0.4) is 0 Å². The van der Waals surface area contributed by atoms with E-state index in [-0.39, 0.29) is 16.0 Å². The van der Waals surface area contributed by atoms with E-state index < -0.39 is 16.0 Å². The van der Waals surface area contributed by atoms with Gasteiger partial charge in [-0.15, -0.1) is 0 Å². The van der Waals surface area contributed by atoms with E-state index in [1.165, 1.54) is 18.2 Å². The number of hydrogen-bond acceptors (Lipinski definition) is 3. The van der Waals surface area contributed by atoms with Gasteiger partial charge in [0.1, 0.15) is 0 Å². The molecule has 0 unspecified atom stereocenters. The van der Waals surface area contributed by atoms with E-state index in [1.807, 2.05) is 6.92 Å². The number of hydrogen-bond donors (Lipinski definition) is 2. The minimum Gasteiger partial charge on any atom is -0.478 e. The highest BCUT2D eigenvalue weighted by Crippen LogP contribution is 2.36. The minimum atomic E-state index is -3.66. The van der Waals surface area contributed by atoms with E-state index in [0.29, 0.717) is 5.56 Å². The van der Waals surface area contributed by atoms with Gasteiger partial charge in [0.05, 0.1) is 10.5 Å². The molecule has 0 spiro atoms. The zero-order valence-electron chi connectivity index (χ0n) is 10.2. The summed E-state index contributed by atoms with van der Waals surface area (Å²) in [6.07, 6.45) is 1.62. The first-order valence-corrected chi connectivity index (χ1v) is 7.10. The Morgan fingerprint density at radius 3 is 2.50 bits per heavy atom. The zero-order valence-corrected chi connectivity index (χ0v) is 11.0. The molecule has 18 heavy (non-hydrogen) atoms. The lowest BCUT2D eigenvalue weighted by molar-refractivity contribution is 0.0696. The Morgan fingerprint density at radius 2 is 2.00 bits per heavy atom. The molecule has 0 aliphatic heterocycles. The molecular formula is C12H15NO4S. The van der Waals surface area contributed by atoms with E-state index >= 15 is 0 Å². The molecule has 0 saturated heterocycles. The Kier molecular flexibility index (Phi) is 2.95. The fourth-order valence-electron chi connectivity index (χ4n) is 1.69. The van der Waals surface area contributed by atoms with Crippen LogP contribution in [0.2, 0.25) is 0 Å². The van der Waals surface area contributed by atoms with E-state index in [1.54, 1.807) is 6.92 Å². The van der Waals surface area contributed by atoms with Crippen LogP contribution in [0.25, 0.3) is 0 Å². The lowest BCUT2D eigenvalue weighted by Crippen LogP contribution is -2.34. The monoisotopic (exact) mass is 269 g/mol. The number of carboxylic acids is 1. The van der Waals surface area contributed by atoms with E-state index in [4.69, 9.17) is 5.11 Å². The molecule has 1 saturated carbocycles. The molecule has 0 aromatic heterocycles. The smallest absolute Gasteiger partial charge is 0.335 e. The normalized spacial score (nSPS) is 17.4. The molecule has 2 rings (SSSR count). The first-order chi connectivity index (χ1) is 8.23. The molecule has 1 aromatic carbocycles. The van der Waals surface area contributed by atoms with Crippen molar-refractivity contribution in [3.63, 3.8) is 0 Å². The van der Waals surface area contributed by atoms with Crippen LogP contribution in [0.5, 0.6) is 0 Å². The topological polar surface area (TPSA) is 83.5 Å². The number of rotatable bonds is 4. The first-order valence-electron chi connectivity index (χ1n) is 5.61. The molecule has 0 atom stereocenters. The maximum Gasteiger partial charge on any atom is 0.335 e. The molecule has 2 N–H and O–H groups in total. The van der Waals surface area contributed by atoms with Crippen molar-refractivity contribution in [2.75, 3.05) is 0 Å². The second-order valence-electron chi connectivity index (χ2n) is 4.95. The van der Waals surface area contributed by atoms with Crippen LogP contribution < -0.4 is 4.72 Å². The summed E-state index contributed by atoms with van der Waals surface area (Å²) in [5.41, 5.74) is 0.142. The lowest BCUT2D eigenvalue weighted by atomic mass is 10.1. The van der Waals surface area contributed by atoms with Crippen molar-refractivity contribution in [3.05, 3.63) is 29.3 Å². The molecule has 5 nitrogen and oxygen atoms in total. The summed E-state index contributed by atoms with van der Waals surface area (Å²) in [4.78, 5) is 10.9. The van der Waals surface area contributed by atoms with Crippen LogP contribution in [0.15, 0.2) is 23.1 Å². The third-order valence-corrected chi connectivity index (χ3v) is 4.89. The summed E-state index contributed by atoms with van der Waals surface area (Å²) < 4.78 is 27.0. The average Bonchev–Trinajstić information content (AvgIpc) is 2.94. The second kappa shape index (κ2) is 4.07. The van der Waals surface area contributed by atoms with Crippen molar-refractivity contribution in [1.82, 2.24) is 4.72 Å². The number of nitrogens with one attached hydrogen (secondary N) is 1. The van der Waals surface area contributed by atoms with E-state index in [2.05, 4.69) is 4.72 Å². The highest BCUT2D eigenvalue weighted by Gasteiger charge is 2.41. The molecule has 1 fully saturated rings. The van der Waals surface area contributed by atoms with Gasteiger partial charge in [0.2, 0.25) is 10.0 Å². The second-order valence-corrected chi connectivity index (χ2v) is 6.60. The standard InChI is InChI=1S/C12H15NO4S/c1-8-3-4-9(11(14)15)7-10(8)18(16,17)13-12(2)5-6-12/h3-4,7,13H,5-6H2,1-2H3,(H,14,15). The van der Waals surface area contributed by atoms with Gasteiger partial charge in [0.15, 0.2) is 0 Å². The van der Waals surface area contributed by atoms with Crippen molar-refractivity contribution in [2.45, 2.75) is 37.1 Å². The Morgan fingerprint density at radius 1 is 1.39 bits per heavy atom. The molecule has 1 aromatic rings. The van der Waals surface area contributed by atoms with Gasteiger partial charge in [-0.3, -0.25) is 0 Å². The maximum absolute atomic E-state index is 12.2. The Balaban J connectivity index is 2.43. The van der Waals surface area contributed by atoms with Gasteiger partial charge < -0.3 is 5.11 Å². The van der Waals surface area contributed by atoms with Crippen LogP contribution in [0, 0.1) is 6.92 Å². The summed E-state index contributed by atoms with van der Waals surface area (Å²) in [6.45, 7) is 3.48. The van der Waals surface area contributed by atoms with Crippen LogP contribution in [-0.2, 0) is 10.0 Å². The highest BCUT2D eigenvalue weighted by molar-refractivity contribution is 7.89. The van der Waals surface area contributed by atoms with Crippen LogP contribution in [-0.4, -0.2) is 25.0 Å². The third kappa shape index (κ3) is 2.54. The van der Waals surface area contributed by atoms with E-state index in [0.717, 1.165) is 12.8 Å². The Hall–Kier alpha value is -1.40. The predicted molar refractivity (Wildman–Crippen MR) is 66.1 cm³/mol. The molecule has 98 valence electrons. The molecule has 1 aliphatic carbocycles. The van der Waals surface area contributed by atoms with Crippen molar-refractivity contribution < 1.29 is 18.3 Å². The average molecular weight is 269 g/mol. The Labute approximate surface area is 106 Å². The van der Waals surface area contributed by atoms with Crippen molar-refractivity contribution in [1.29, 1.82) is 0 Å². The van der Waals surface area contributed by atoms with Crippen LogP contribution >= 0.6 is 0 Å². The molecule has 1 aliphatic rings. The van der Waals surface area contributed by atoms with Crippen LogP contribution in [0.1, 0.15) is 35.7 Å². The number of aryl methyl sites for hydroxylation is 1. The van der Waals surface area contributed by atoms with E-state index in [9.17, 15) is 13.2 Å². The first kappa shape index (κ1) is 13.0. The number of aromatic carboxylic acids is 1. The maximum atomic E-state index is 12.2. The number of benzene rings is 1. The van der Waals surface area contributed by atoms with Gasteiger partial charge >= 0.3 is 5.97 Å². The number of carbonyl (C=O) groups is 1. The Bertz CT molecular complexity index is 603. The minimum absolute atomic E-state index is 0.0260. The molecule has 0 amide bonds. The van der Waals surface area contributed by atoms with Gasteiger partial charge in [-0.25, -0.2) is 17.9 Å². The summed E-state index contributed by atoms with van der Waals surface area (Å²) in [5, 5.41) is 8.90. The summed E-state index contributed by atoms with van der Waals surface area (Å²) >= 11 is 0. The van der Waals surface area contributed by atoms with Crippen molar-refractivity contribution in [2.24, 2.45) is 0 Å². The van der Waals surface area contributed by atoms with Gasteiger partial charge in [0, 0.05) is 5.54 Å². The molecule has 0 bridgehead atoms. The highest BCUT2D eigenvalue weighted by atomic mass is 32.2. The molecular weight excluding hydrogens is 254 g/mol. The third-order valence-electron chi connectivity index (χ3n) is 3.11. The molecule has 0 radical (unpaired) electrons. The van der Waals surface area contributed by atoms with Gasteiger partial charge in [-0.1, -0.05) is 6.07 Å². The fraction of sp³-hybridized carbons (Fsp3) is 0.417. The quantitative estimate of drug-likeness (QED) is 0.868. The number of carboxylic acid groups (broad SMARTS) is 1. The van der Waals surface area contributed by atoms with Gasteiger partial charge in [-0.05, 0) is 44.4 Å². The largest absolute Gasteiger partial charge is 0.478 e. The summed E-state index contributed by atoms with van der Waals surface area (Å²) in [7, 11) is -3.66. The SMILES string of the molecule is Cc1ccc(C(=O)O)cc1S(=O)(=O)NC1(C)CC1. The predicted octanol–water partition coefficient (Wildman–Crippen LogP) is 1.52. The lowest BCUT2D eigenvalue weighted by Gasteiger charge is -2.14.